The fourth-order valence-electron chi connectivity index (χ4n) is 2.57. The molecule has 0 bridgehead atoms. The van der Waals surface area contributed by atoms with Gasteiger partial charge in [0.1, 0.15) is 23.9 Å². The monoisotopic (exact) mass is 434 g/mol. The maximum atomic E-state index is 13.5. The lowest BCUT2D eigenvalue weighted by Crippen LogP contribution is -2.23. The normalized spacial score (nSPS) is 11.7. The Kier molecular flexibility index (Phi) is 5.71. The number of tetrazole rings is 1. The number of benzene rings is 2. The van der Waals surface area contributed by atoms with E-state index in [0.717, 1.165) is 15.4 Å². The third-order valence-corrected chi connectivity index (χ3v) is 3.90. The van der Waals surface area contributed by atoms with Crippen LogP contribution in [0.5, 0.6) is 11.5 Å². The van der Waals surface area contributed by atoms with E-state index < -0.39 is 48.0 Å². The average Bonchev–Trinajstić information content (AvgIpc) is 2.98. The summed E-state index contributed by atoms with van der Waals surface area (Å²) < 4.78 is 89.6. The average molecular weight is 434 g/mol. The SMILES string of the molecule is Cn1nnn(-c2cccc(OC(F)F)c2COc2cc(F)ccc2C(F)(F)F)c1=O. The van der Waals surface area contributed by atoms with Gasteiger partial charge in [-0.3, -0.25) is 0 Å². The Morgan fingerprint density at radius 3 is 2.43 bits per heavy atom. The predicted molar refractivity (Wildman–Crippen MR) is 89.0 cm³/mol. The molecule has 0 amide bonds. The molecule has 1 heterocycles. The summed E-state index contributed by atoms with van der Waals surface area (Å²) in [6.07, 6.45) is -4.85. The van der Waals surface area contributed by atoms with Crippen LogP contribution in [-0.4, -0.2) is 26.4 Å². The quantitative estimate of drug-likeness (QED) is 0.557. The van der Waals surface area contributed by atoms with Gasteiger partial charge in [0.25, 0.3) is 0 Å². The lowest BCUT2D eigenvalue weighted by atomic mass is 10.1. The summed E-state index contributed by atoms with van der Waals surface area (Å²) in [5.41, 5.74) is -2.37. The van der Waals surface area contributed by atoms with E-state index in [4.69, 9.17) is 4.74 Å². The highest BCUT2D eigenvalue weighted by atomic mass is 19.4. The van der Waals surface area contributed by atoms with Crippen molar-refractivity contribution in [3.63, 3.8) is 0 Å². The van der Waals surface area contributed by atoms with E-state index in [1.807, 2.05) is 0 Å². The van der Waals surface area contributed by atoms with Crippen LogP contribution in [-0.2, 0) is 19.8 Å². The van der Waals surface area contributed by atoms with Crippen molar-refractivity contribution < 1.29 is 35.8 Å². The first kappa shape index (κ1) is 21.2. The third kappa shape index (κ3) is 4.39. The summed E-state index contributed by atoms with van der Waals surface area (Å²) >= 11 is 0. The van der Waals surface area contributed by atoms with Gasteiger partial charge in [0.05, 0.1) is 16.8 Å². The maximum Gasteiger partial charge on any atom is 0.419 e. The molecule has 3 rings (SSSR count). The number of ether oxygens (including phenoxy) is 2. The van der Waals surface area contributed by atoms with Crippen LogP contribution in [0.25, 0.3) is 5.69 Å². The molecule has 0 aliphatic rings. The Balaban J connectivity index is 2.06. The second kappa shape index (κ2) is 8.08. The van der Waals surface area contributed by atoms with Crippen LogP contribution in [0, 0.1) is 5.82 Å². The fourth-order valence-corrected chi connectivity index (χ4v) is 2.57. The van der Waals surface area contributed by atoms with Crippen LogP contribution < -0.4 is 15.2 Å². The first-order chi connectivity index (χ1) is 14.1. The van der Waals surface area contributed by atoms with Gasteiger partial charge in [-0.25, -0.2) is 9.18 Å². The summed E-state index contributed by atoms with van der Waals surface area (Å²) in [5, 5.41) is 7.06. The van der Waals surface area contributed by atoms with E-state index in [-0.39, 0.29) is 11.3 Å². The number of nitrogens with zero attached hydrogens (tertiary/aromatic N) is 4. The molecule has 0 N–H and O–H groups in total. The second-order valence-corrected chi connectivity index (χ2v) is 5.86. The van der Waals surface area contributed by atoms with Gasteiger partial charge in [0, 0.05) is 13.1 Å². The van der Waals surface area contributed by atoms with E-state index >= 15 is 0 Å². The van der Waals surface area contributed by atoms with Crippen molar-refractivity contribution in [2.24, 2.45) is 7.05 Å². The number of alkyl halides is 5. The van der Waals surface area contributed by atoms with Crippen molar-refractivity contribution in [1.29, 1.82) is 0 Å². The molecular formula is C17H12F6N4O3. The number of rotatable bonds is 6. The molecule has 0 radical (unpaired) electrons. The van der Waals surface area contributed by atoms with Gasteiger partial charge in [-0.05, 0) is 34.7 Å². The lowest BCUT2D eigenvalue weighted by molar-refractivity contribution is -0.139. The number of hydrogen-bond acceptors (Lipinski definition) is 5. The molecule has 0 saturated carbocycles. The molecule has 0 aliphatic carbocycles. The van der Waals surface area contributed by atoms with Gasteiger partial charge in [0.2, 0.25) is 0 Å². The topological polar surface area (TPSA) is 71.2 Å². The first-order valence-electron chi connectivity index (χ1n) is 8.13. The molecule has 7 nitrogen and oxygen atoms in total. The minimum Gasteiger partial charge on any atom is -0.488 e. The minimum absolute atomic E-state index is 0.115. The molecule has 0 atom stereocenters. The summed E-state index contributed by atoms with van der Waals surface area (Å²) in [4.78, 5) is 12.1. The smallest absolute Gasteiger partial charge is 0.419 e. The molecule has 30 heavy (non-hydrogen) atoms. The van der Waals surface area contributed by atoms with Gasteiger partial charge in [-0.15, -0.1) is 0 Å². The molecule has 160 valence electrons. The van der Waals surface area contributed by atoms with E-state index in [1.54, 1.807) is 0 Å². The van der Waals surface area contributed by atoms with Crippen molar-refractivity contribution in [2.45, 2.75) is 19.4 Å². The molecule has 0 spiro atoms. The second-order valence-electron chi connectivity index (χ2n) is 5.86. The van der Waals surface area contributed by atoms with Crippen LogP contribution in [0.2, 0.25) is 0 Å². The van der Waals surface area contributed by atoms with E-state index in [1.165, 1.54) is 19.2 Å². The Hall–Kier alpha value is -3.51. The van der Waals surface area contributed by atoms with Crippen LogP contribution in [0.3, 0.4) is 0 Å². The van der Waals surface area contributed by atoms with Crippen molar-refractivity contribution >= 4 is 0 Å². The van der Waals surface area contributed by atoms with Crippen LogP contribution in [0.1, 0.15) is 11.1 Å². The molecule has 0 saturated heterocycles. The van der Waals surface area contributed by atoms with Crippen LogP contribution in [0.15, 0.2) is 41.2 Å². The fraction of sp³-hybridized carbons (Fsp3) is 0.235. The van der Waals surface area contributed by atoms with Gasteiger partial charge in [-0.1, -0.05) is 6.07 Å². The summed E-state index contributed by atoms with van der Waals surface area (Å²) in [6, 6.07) is 5.25. The Bertz CT molecular complexity index is 1110. The summed E-state index contributed by atoms with van der Waals surface area (Å²) in [7, 11) is 1.28. The minimum atomic E-state index is -4.85. The van der Waals surface area contributed by atoms with Gasteiger partial charge >= 0.3 is 18.5 Å². The van der Waals surface area contributed by atoms with E-state index in [2.05, 4.69) is 15.2 Å². The molecule has 2 aromatic carbocycles. The number of aromatic nitrogens is 4. The number of aryl methyl sites for hydroxylation is 1. The lowest BCUT2D eigenvalue weighted by Gasteiger charge is -2.17. The predicted octanol–water partition coefficient (Wildman–Crippen LogP) is 3.30. The zero-order chi connectivity index (χ0) is 22.1. The molecule has 13 heteroatoms. The van der Waals surface area contributed by atoms with Crippen LogP contribution in [0.4, 0.5) is 26.3 Å². The van der Waals surface area contributed by atoms with Crippen molar-refractivity contribution in [3.8, 4) is 17.2 Å². The Morgan fingerprint density at radius 1 is 1.10 bits per heavy atom. The molecular weight excluding hydrogens is 422 g/mol. The molecule has 0 fully saturated rings. The Morgan fingerprint density at radius 2 is 1.83 bits per heavy atom. The third-order valence-electron chi connectivity index (χ3n) is 3.90. The van der Waals surface area contributed by atoms with Crippen LogP contribution >= 0.6 is 0 Å². The van der Waals surface area contributed by atoms with Gasteiger partial charge < -0.3 is 9.47 Å². The molecule has 1 aromatic heterocycles. The molecule has 0 aliphatic heterocycles. The Labute approximate surface area is 164 Å². The maximum absolute atomic E-state index is 13.5. The highest BCUT2D eigenvalue weighted by Crippen LogP contribution is 2.37. The van der Waals surface area contributed by atoms with Gasteiger partial charge in [0.15, 0.2) is 0 Å². The zero-order valence-electron chi connectivity index (χ0n) is 15.0. The number of halogens is 6. The first-order valence-corrected chi connectivity index (χ1v) is 8.13. The highest BCUT2D eigenvalue weighted by molar-refractivity contribution is 5.49. The number of hydrogen-bond donors (Lipinski definition) is 0. The van der Waals surface area contributed by atoms with Crippen molar-refractivity contribution in [3.05, 3.63) is 63.8 Å². The van der Waals surface area contributed by atoms with E-state index in [0.29, 0.717) is 18.2 Å². The zero-order valence-corrected chi connectivity index (χ0v) is 15.0. The summed E-state index contributed by atoms with van der Waals surface area (Å²) in [6.45, 7) is -4.04. The largest absolute Gasteiger partial charge is 0.488 e. The van der Waals surface area contributed by atoms with Crippen molar-refractivity contribution in [1.82, 2.24) is 19.8 Å². The molecule has 0 unspecified atom stereocenters. The highest BCUT2D eigenvalue weighted by Gasteiger charge is 2.34. The summed E-state index contributed by atoms with van der Waals surface area (Å²) in [5.74, 6) is -2.34. The van der Waals surface area contributed by atoms with Gasteiger partial charge in [-0.2, -0.15) is 31.3 Å². The standard InChI is InChI=1S/C17H12F6N4O3/c1-26-16(28)27(25-24-26)12-3-2-4-13(30-15(19)20)10(12)8-29-14-7-9(18)5-6-11(14)17(21,22)23/h2-7,15H,8H2,1H3. The van der Waals surface area contributed by atoms with E-state index in [9.17, 15) is 31.1 Å². The molecule has 3 aromatic rings. The van der Waals surface area contributed by atoms with Crippen molar-refractivity contribution in [2.75, 3.05) is 0 Å².